The minimum atomic E-state index is -0.127. The number of amides is 2. The van der Waals surface area contributed by atoms with Crippen LogP contribution in [0.15, 0.2) is 0 Å². The van der Waals surface area contributed by atoms with Crippen LogP contribution in [0.5, 0.6) is 0 Å². The van der Waals surface area contributed by atoms with Crippen molar-refractivity contribution < 1.29 is 9.59 Å². The van der Waals surface area contributed by atoms with Crippen LogP contribution in [0.2, 0.25) is 0 Å². The number of carbonyl (C=O) groups excluding carboxylic acids is 2. The molecule has 0 unspecified atom stereocenters. The maximum Gasteiger partial charge on any atom is 0.241 e. The molecule has 0 spiro atoms. The molecule has 2 atom stereocenters. The number of nitrogens with zero attached hydrogens (tertiary/aromatic N) is 4. The molecule has 132 valence electrons. The van der Waals surface area contributed by atoms with E-state index in [9.17, 15) is 9.59 Å². The standard InChI is InChI=1S/C17H27N5O2/c1-5-14-18-11(2)16(19-14)12-8-20(3)9-13(12)17(24)22-7-6-21(4)15(23)10-22/h12-13H,5-10H2,1-4H3,(H,18,19)/t12-,13-/m0/s1. The lowest BCUT2D eigenvalue weighted by Crippen LogP contribution is -2.52. The Morgan fingerprint density at radius 2 is 2.04 bits per heavy atom. The van der Waals surface area contributed by atoms with E-state index in [1.165, 1.54) is 0 Å². The van der Waals surface area contributed by atoms with Crippen molar-refractivity contribution in [2.24, 2.45) is 5.92 Å². The first-order valence-electron chi connectivity index (χ1n) is 8.67. The normalized spacial score (nSPS) is 25.6. The van der Waals surface area contributed by atoms with Gasteiger partial charge in [0.25, 0.3) is 0 Å². The maximum absolute atomic E-state index is 13.1. The van der Waals surface area contributed by atoms with E-state index in [0.717, 1.165) is 36.7 Å². The van der Waals surface area contributed by atoms with Crippen molar-refractivity contribution in [1.29, 1.82) is 0 Å². The van der Waals surface area contributed by atoms with Gasteiger partial charge in [-0.1, -0.05) is 6.92 Å². The van der Waals surface area contributed by atoms with Crippen molar-refractivity contribution in [2.75, 3.05) is 46.8 Å². The zero-order valence-electron chi connectivity index (χ0n) is 15.0. The number of H-pyrrole nitrogens is 1. The van der Waals surface area contributed by atoms with E-state index in [1.54, 1.807) is 16.8 Å². The van der Waals surface area contributed by atoms with Gasteiger partial charge in [0.1, 0.15) is 5.82 Å². The first-order valence-corrected chi connectivity index (χ1v) is 8.67. The van der Waals surface area contributed by atoms with Gasteiger partial charge >= 0.3 is 0 Å². The van der Waals surface area contributed by atoms with Gasteiger partial charge in [-0.15, -0.1) is 0 Å². The van der Waals surface area contributed by atoms with Crippen LogP contribution < -0.4 is 0 Å². The molecule has 24 heavy (non-hydrogen) atoms. The molecule has 7 nitrogen and oxygen atoms in total. The van der Waals surface area contributed by atoms with Gasteiger partial charge in [-0.25, -0.2) is 4.98 Å². The first-order chi connectivity index (χ1) is 11.4. The second-order valence-electron chi connectivity index (χ2n) is 7.06. The molecule has 0 radical (unpaired) electrons. The highest BCUT2D eigenvalue weighted by Crippen LogP contribution is 2.34. The fourth-order valence-corrected chi connectivity index (χ4v) is 3.78. The molecule has 0 aromatic carbocycles. The number of hydrogen-bond acceptors (Lipinski definition) is 4. The Bertz CT molecular complexity index is 641. The number of likely N-dealkylation sites (tertiary alicyclic amines) is 1. The van der Waals surface area contributed by atoms with Crippen molar-refractivity contribution in [3.63, 3.8) is 0 Å². The molecule has 7 heteroatoms. The Morgan fingerprint density at radius 1 is 1.29 bits per heavy atom. The Morgan fingerprint density at radius 3 is 2.67 bits per heavy atom. The Hall–Kier alpha value is -1.89. The van der Waals surface area contributed by atoms with Crippen LogP contribution in [0.25, 0.3) is 0 Å². The van der Waals surface area contributed by atoms with Gasteiger partial charge in [-0.05, 0) is 14.0 Å². The zero-order chi connectivity index (χ0) is 17.4. The highest BCUT2D eigenvalue weighted by molar-refractivity contribution is 5.87. The number of likely N-dealkylation sites (N-methyl/N-ethyl adjacent to an activating group) is 2. The molecule has 3 rings (SSSR count). The highest BCUT2D eigenvalue weighted by atomic mass is 16.2. The van der Waals surface area contributed by atoms with E-state index in [2.05, 4.69) is 16.8 Å². The number of hydrogen-bond donors (Lipinski definition) is 1. The molecule has 2 aliphatic heterocycles. The van der Waals surface area contributed by atoms with Gasteiger partial charge in [-0.3, -0.25) is 9.59 Å². The van der Waals surface area contributed by atoms with E-state index in [1.807, 2.05) is 14.0 Å². The monoisotopic (exact) mass is 333 g/mol. The van der Waals surface area contributed by atoms with Gasteiger partial charge in [0.2, 0.25) is 11.8 Å². The van der Waals surface area contributed by atoms with Crippen molar-refractivity contribution in [3.8, 4) is 0 Å². The number of rotatable bonds is 3. The minimum Gasteiger partial charge on any atom is -0.346 e. The second kappa shape index (κ2) is 6.55. The minimum absolute atomic E-state index is 0.0155. The lowest BCUT2D eigenvalue weighted by molar-refractivity contribution is -0.146. The third-order valence-electron chi connectivity index (χ3n) is 5.25. The average Bonchev–Trinajstić information content (AvgIpc) is 3.11. The summed E-state index contributed by atoms with van der Waals surface area (Å²) in [7, 11) is 3.83. The molecular weight excluding hydrogens is 306 g/mol. The molecule has 1 N–H and O–H groups in total. The summed E-state index contributed by atoms with van der Waals surface area (Å²) in [4.78, 5) is 38.6. The van der Waals surface area contributed by atoms with Gasteiger partial charge in [0, 0.05) is 51.3 Å². The summed E-state index contributed by atoms with van der Waals surface area (Å²) in [5, 5.41) is 0. The number of aromatic amines is 1. The summed E-state index contributed by atoms with van der Waals surface area (Å²) in [6, 6.07) is 0. The van der Waals surface area contributed by atoms with Crippen molar-refractivity contribution in [3.05, 3.63) is 17.2 Å². The SMILES string of the molecule is CCc1nc([C@H]2CN(C)C[C@@H]2C(=O)N2CCN(C)C(=O)C2)c(C)[nH]1. The molecule has 2 saturated heterocycles. The van der Waals surface area contributed by atoms with E-state index >= 15 is 0 Å². The molecule has 2 fully saturated rings. The molecular formula is C17H27N5O2. The molecule has 1 aromatic heterocycles. The highest BCUT2D eigenvalue weighted by Gasteiger charge is 2.42. The molecule has 0 bridgehead atoms. The van der Waals surface area contributed by atoms with Gasteiger partial charge in [0.15, 0.2) is 0 Å². The predicted molar refractivity (Wildman–Crippen MR) is 90.6 cm³/mol. The maximum atomic E-state index is 13.1. The van der Waals surface area contributed by atoms with E-state index in [-0.39, 0.29) is 30.2 Å². The molecule has 0 saturated carbocycles. The van der Waals surface area contributed by atoms with E-state index in [0.29, 0.717) is 13.1 Å². The van der Waals surface area contributed by atoms with Crippen molar-refractivity contribution in [1.82, 2.24) is 24.7 Å². The van der Waals surface area contributed by atoms with Crippen LogP contribution in [0.3, 0.4) is 0 Å². The average molecular weight is 333 g/mol. The summed E-state index contributed by atoms with van der Waals surface area (Å²) in [6.07, 6.45) is 0.856. The topological polar surface area (TPSA) is 72.5 Å². The molecule has 3 heterocycles. The van der Waals surface area contributed by atoms with E-state index < -0.39 is 0 Å². The van der Waals surface area contributed by atoms with Crippen molar-refractivity contribution in [2.45, 2.75) is 26.2 Å². The first kappa shape index (κ1) is 17.0. The largest absolute Gasteiger partial charge is 0.346 e. The number of aryl methyl sites for hydroxylation is 2. The number of imidazole rings is 1. The fourth-order valence-electron chi connectivity index (χ4n) is 3.78. The third-order valence-corrected chi connectivity index (χ3v) is 5.25. The summed E-state index contributed by atoms with van der Waals surface area (Å²) in [5.74, 6) is 1.04. The smallest absolute Gasteiger partial charge is 0.241 e. The quantitative estimate of drug-likeness (QED) is 0.859. The molecule has 0 aliphatic carbocycles. The van der Waals surface area contributed by atoms with Crippen LogP contribution in [-0.2, 0) is 16.0 Å². The summed E-state index contributed by atoms with van der Waals surface area (Å²) >= 11 is 0. The molecule has 1 aromatic rings. The number of aromatic nitrogens is 2. The molecule has 2 aliphatic rings. The second-order valence-corrected chi connectivity index (χ2v) is 7.06. The Balaban J connectivity index is 1.81. The van der Waals surface area contributed by atoms with Crippen LogP contribution in [0, 0.1) is 12.8 Å². The molecule has 2 amide bonds. The van der Waals surface area contributed by atoms with Crippen LogP contribution >= 0.6 is 0 Å². The zero-order valence-corrected chi connectivity index (χ0v) is 15.0. The predicted octanol–water partition coefficient (Wildman–Crippen LogP) is 0.226. The Labute approximate surface area is 143 Å². The summed E-state index contributed by atoms with van der Waals surface area (Å²) in [5.41, 5.74) is 2.06. The van der Waals surface area contributed by atoms with Crippen LogP contribution in [-0.4, -0.2) is 83.3 Å². The van der Waals surface area contributed by atoms with Crippen molar-refractivity contribution >= 4 is 11.8 Å². The number of carbonyl (C=O) groups is 2. The van der Waals surface area contributed by atoms with Gasteiger partial charge in [0.05, 0.1) is 18.2 Å². The Kier molecular flexibility index (Phi) is 4.62. The lowest BCUT2D eigenvalue weighted by atomic mass is 9.90. The fraction of sp³-hybridized carbons (Fsp3) is 0.706. The third kappa shape index (κ3) is 3.05. The summed E-state index contributed by atoms with van der Waals surface area (Å²) < 4.78 is 0. The van der Waals surface area contributed by atoms with E-state index in [4.69, 9.17) is 4.98 Å². The van der Waals surface area contributed by atoms with Crippen LogP contribution in [0.4, 0.5) is 0 Å². The van der Waals surface area contributed by atoms with Gasteiger partial charge in [-0.2, -0.15) is 0 Å². The number of piperazine rings is 1. The number of nitrogens with one attached hydrogen (secondary N) is 1. The lowest BCUT2D eigenvalue weighted by Gasteiger charge is -2.34. The van der Waals surface area contributed by atoms with Gasteiger partial charge < -0.3 is 19.7 Å². The summed E-state index contributed by atoms with van der Waals surface area (Å²) in [6.45, 7) is 7.07. The van der Waals surface area contributed by atoms with Crippen LogP contribution in [0.1, 0.15) is 30.1 Å².